The lowest BCUT2D eigenvalue weighted by Gasteiger charge is -2.05. The van der Waals surface area contributed by atoms with Crippen LogP contribution in [0.4, 0.5) is 0 Å². The van der Waals surface area contributed by atoms with E-state index in [9.17, 15) is 10.1 Å². The van der Waals surface area contributed by atoms with Gasteiger partial charge in [0.25, 0.3) is 5.91 Å². The van der Waals surface area contributed by atoms with Crippen molar-refractivity contribution in [3.05, 3.63) is 51.3 Å². The molecule has 1 aromatic heterocycles. The Hall–Kier alpha value is -2.39. The molecule has 0 N–H and O–H groups in total. The number of halogens is 1. The summed E-state index contributed by atoms with van der Waals surface area (Å²) in [6, 6.07) is 9.04. The summed E-state index contributed by atoms with van der Waals surface area (Å²) in [5, 5.41) is 13.4. The van der Waals surface area contributed by atoms with Crippen molar-refractivity contribution in [2.75, 3.05) is 7.11 Å². The number of carbonyl (C=O) groups is 1. The fourth-order valence-corrected chi connectivity index (χ4v) is 2.59. The first kappa shape index (κ1) is 16.0. The number of benzene rings is 1. The lowest BCUT2D eigenvalue weighted by Crippen LogP contribution is -2.15. The number of rotatable bonds is 3. The van der Waals surface area contributed by atoms with Crippen molar-refractivity contribution >= 4 is 27.9 Å². The third-order valence-corrected chi connectivity index (χ3v) is 3.66. The number of hydrogen-bond acceptors (Lipinski definition) is 4. The van der Waals surface area contributed by atoms with E-state index >= 15 is 0 Å². The fraction of sp³-hybridized carbons (Fsp3) is 0.188. The van der Waals surface area contributed by atoms with Gasteiger partial charge in [-0.3, -0.25) is 4.79 Å². The summed E-state index contributed by atoms with van der Waals surface area (Å²) in [4.78, 5) is 12.4. The van der Waals surface area contributed by atoms with Crippen LogP contribution < -0.4 is 4.74 Å². The van der Waals surface area contributed by atoms with Crippen molar-refractivity contribution < 1.29 is 9.53 Å². The molecule has 0 unspecified atom stereocenters. The zero-order valence-electron chi connectivity index (χ0n) is 12.4. The number of aryl methyl sites for hydroxylation is 2. The molecule has 6 heteroatoms. The summed E-state index contributed by atoms with van der Waals surface area (Å²) < 4.78 is 7.14. The molecule has 22 heavy (non-hydrogen) atoms. The van der Waals surface area contributed by atoms with Gasteiger partial charge >= 0.3 is 0 Å². The van der Waals surface area contributed by atoms with E-state index in [2.05, 4.69) is 21.0 Å². The Kier molecular flexibility index (Phi) is 4.78. The standard InChI is InChI=1S/C16H14BrN3O2/c1-10-6-11(2)20(19-10)16(21)13(9-18)7-12-4-5-15(22-3)14(17)8-12/h4-8H,1-3H3/b13-7+. The number of nitrogens with zero attached hydrogens (tertiary/aromatic N) is 3. The fourth-order valence-electron chi connectivity index (χ4n) is 2.03. The number of methoxy groups -OCH3 is 1. The van der Waals surface area contributed by atoms with Crippen molar-refractivity contribution in [2.24, 2.45) is 0 Å². The van der Waals surface area contributed by atoms with Crippen LogP contribution >= 0.6 is 15.9 Å². The Bertz CT molecular complexity index is 800. The third kappa shape index (κ3) is 3.26. The van der Waals surface area contributed by atoms with Crippen molar-refractivity contribution in [2.45, 2.75) is 13.8 Å². The minimum atomic E-state index is -0.444. The number of hydrogen-bond donors (Lipinski definition) is 0. The second kappa shape index (κ2) is 6.58. The van der Waals surface area contributed by atoms with E-state index in [-0.39, 0.29) is 5.57 Å². The lowest BCUT2D eigenvalue weighted by molar-refractivity contribution is 0.0944. The molecular weight excluding hydrogens is 346 g/mol. The first-order chi connectivity index (χ1) is 10.5. The van der Waals surface area contributed by atoms with Crippen LogP contribution in [0.3, 0.4) is 0 Å². The van der Waals surface area contributed by atoms with E-state index in [1.807, 2.05) is 6.07 Å². The van der Waals surface area contributed by atoms with Gasteiger partial charge in [0.15, 0.2) is 0 Å². The lowest BCUT2D eigenvalue weighted by atomic mass is 10.1. The monoisotopic (exact) mass is 359 g/mol. The minimum Gasteiger partial charge on any atom is -0.496 e. The van der Waals surface area contributed by atoms with Crippen molar-refractivity contribution in [3.63, 3.8) is 0 Å². The van der Waals surface area contributed by atoms with E-state index in [1.54, 1.807) is 45.2 Å². The Balaban J connectivity index is 2.39. The molecule has 0 radical (unpaired) electrons. The highest BCUT2D eigenvalue weighted by Gasteiger charge is 2.15. The maximum absolute atomic E-state index is 12.4. The highest BCUT2D eigenvalue weighted by molar-refractivity contribution is 9.10. The highest BCUT2D eigenvalue weighted by Crippen LogP contribution is 2.26. The van der Waals surface area contributed by atoms with Gasteiger partial charge in [-0.2, -0.15) is 10.4 Å². The van der Waals surface area contributed by atoms with Crippen LogP contribution in [-0.4, -0.2) is 22.8 Å². The second-order valence-electron chi connectivity index (χ2n) is 4.71. The van der Waals surface area contributed by atoms with Crippen LogP contribution in [0.15, 0.2) is 34.3 Å². The van der Waals surface area contributed by atoms with Gasteiger partial charge in [0.1, 0.15) is 17.4 Å². The van der Waals surface area contributed by atoms with E-state index < -0.39 is 5.91 Å². The summed E-state index contributed by atoms with van der Waals surface area (Å²) in [6.07, 6.45) is 1.53. The smallest absolute Gasteiger partial charge is 0.289 e. The number of nitriles is 1. The summed E-state index contributed by atoms with van der Waals surface area (Å²) >= 11 is 3.38. The van der Waals surface area contributed by atoms with Crippen molar-refractivity contribution in [1.29, 1.82) is 5.26 Å². The molecule has 0 aliphatic heterocycles. The quantitative estimate of drug-likeness (QED) is 0.621. The Labute approximate surface area is 136 Å². The van der Waals surface area contributed by atoms with Gasteiger partial charge in [0.2, 0.25) is 0 Å². The molecule has 2 aromatic rings. The van der Waals surface area contributed by atoms with Crippen LogP contribution in [0, 0.1) is 25.2 Å². The molecule has 0 aliphatic rings. The molecule has 1 aromatic carbocycles. The maximum atomic E-state index is 12.4. The minimum absolute atomic E-state index is 0.0169. The van der Waals surface area contributed by atoms with Crippen LogP contribution in [0.5, 0.6) is 5.75 Å². The first-order valence-corrected chi connectivity index (χ1v) is 7.29. The summed E-state index contributed by atoms with van der Waals surface area (Å²) in [6.45, 7) is 3.57. The van der Waals surface area contributed by atoms with Gasteiger partial charge in [0, 0.05) is 5.69 Å². The normalized spacial score (nSPS) is 11.1. The molecule has 0 atom stereocenters. The Morgan fingerprint density at radius 1 is 1.41 bits per heavy atom. The topological polar surface area (TPSA) is 67.9 Å². The molecular formula is C16H14BrN3O2. The van der Waals surface area contributed by atoms with E-state index in [1.165, 1.54) is 10.8 Å². The molecule has 0 bridgehead atoms. The van der Waals surface area contributed by atoms with Gasteiger partial charge in [-0.25, -0.2) is 4.68 Å². The average molecular weight is 360 g/mol. The summed E-state index contributed by atoms with van der Waals surface area (Å²) in [5.41, 5.74) is 2.16. The van der Waals surface area contributed by atoms with E-state index in [0.29, 0.717) is 11.4 Å². The predicted molar refractivity (Wildman–Crippen MR) is 86.6 cm³/mol. The van der Waals surface area contributed by atoms with Crippen LogP contribution in [0.25, 0.3) is 6.08 Å². The van der Waals surface area contributed by atoms with Gasteiger partial charge in [-0.1, -0.05) is 6.07 Å². The largest absolute Gasteiger partial charge is 0.496 e. The van der Waals surface area contributed by atoms with Gasteiger partial charge < -0.3 is 4.74 Å². The van der Waals surface area contributed by atoms with Gasteiger partial charge in [-0.15, -0.1) is 0 Å². The second-order valence-corrected chi connectivity index (χ2v) is 5.56. The summed E-state index contributed by atoms with van der Waals surface area (Å²) in [7, 11) is 1.57. The molecule has 1 heterocycles. The molecule has 0 saturated carbocycles. The molecule has 112 valence electrons. The molecule has 0 spiro atoms. The number of ether oxygens (including phenoxy) is 1. The average Bonchev–Trinajstić information content (AvgIpc) is 2.83. The number of allylic oxidation sites excluding steroid dienone is 1. The van der Waals surface area contributed by atoms with E-state index in [0.717, 1.165) is 15.7 Å². The maximum Gasteiger partial charge on any atom is 0.289 e. The number of carbonyl (C=O) groups excluding carboxylic acids is 1. The molecule has 0 fully saturated rings. The van der Waals surface area contributed by atoms with Gasteiger partial charge in [0.05, 0.1) is 17.3 Å². The summed E-state index contributed by atoms with van der Waals surface area (Å²) in [5.74, 6) is 0.237. The van der Waals surface area contributed by atoms with Crippen molar-refractivity contribution in [1.82, 2.24) is 9.78 Å². The van der Waals surface area contributed by atoms with E-state index in [4.69, 9.17) is 4.74 Å². The SMILES string of the molecule is COc1ccc(/C=C(\C#N)C(=O)n2nc(C)cc2C)cc1Br. The molecule has 0 aliphatic carbocycles. The van der Waals surface area contributed by atoms with Crippen LogP contribution in [-0.2, 0) is 0 Å². The van der Waals surface area contributed by atoms with Gasteiger partial charge in [-0.05, 0) is 59.6 Å². The number of aromatic nitrogens is 2. The Morgan fingerprint density at radius 3 is 2.64 bits per heavy atom. The zero-order chi connectivity index (χ0) is 16.3. The van der Waals surface area contributed by atoms with Crippen molar-refractivity contribution in [3.8, 4) is 11.8 Å². The molecule has 2 rings (SSSR count). The van der Waals surface area contributed by atoms with Crippen LogP contribution in [0.2, 0.25) is 0 Å². The first-order valence-electron chi connectivity index (χ1n) is 6.49. The molecule has 5 nitrogen and oxygen atoms in total. The zero-order valence-corrected chi connectivity index (χ0v) is 14.0. The molecule has 0 amide bonds. The predicted octanol–water partition coefficient (Wildman–Crippen LogP) is 3.52. The molecule has 0 saturated heterocycles. The third-order valence-electron chi connectivity index (χ3n) is 3.04. The van der Waals surface area contributed by atoms with Crippen LogP contribution in [0.1, 0.15) is 21.7 Å². The Morgan fingerprint density at radius 2 is 2.14 bits per heavy atom. The highest BCUT2D eigenvalue weighted by atomic mass is 79.9.